The minimum atomic E-state index is 0.629. The quantitative estimate of drug-likeness (QED) is 0.750. The molecule has 2 aromatic rings. The Labute approximate surface area is 120 Å². The van der Waals surface area contributed by atoms with Gasteiger partial charge >= 0.3 is 0 Å². The molecule has 0 aliphatic rings. The van der Waals surface area contributed by atoms with E-state index in [0.717, 1.165) is 23.1 Å². The Morgan fingerprint density at radius 2 is 2.26 bits per heavy atom. The summed E-state index contributed by atoms with van der Waals surface area (Å²) >= 11 is 3.44. The van der Waals surface area contributed by atoms with E-state index in [1.807, 2.05) is 18.3 Å². The maximum Gasteiger partial charge on any atom is 0.243 e. The monoisotopic (exact) mass is 328 g/mol. The molecule has 0 aromatic carbocycles. The van der Waals surface area contributed by atoms with E-state index in [1.54, 1.807) is 11.6 Å². The van der Waals surface area contributed by atoms with E-state index in [2.05, 4.69) is 31.3 Å². The van der Waals surface area contributed by atoms with Crippen molar-refractivity contribution in [2.24, 2.45) is 0 Å². The van der Waals surface area contributed by atoms with Crippen molar-refractivity contribution >= 4 is 27.5 Å². The molecular weight excluding hydrogens is 312 g/mol. The lowest BCUT2D eigenvalue weighted by molar-refractivity contribution is 0.0705. The summed E-state index contributed by atoms with van der Waals surface area (Å²) in [6.07, 6.45) is 2.77. The molecule has 0 spiro atoms. The van der Waals surface area contributed by atoms with Crippen LogP contribution in [-0.2, 0) is 9.47 Å². The number of anilines is 1. The lowest BCUT2D eigenvalue weighted by Gasteiger charge is -2.03. The fourth-order valence-electron chi connectivity index (χ4n) is 1.57. The zero-order valence-corrected chi connectivity index (χ0v) is 12.4. The van der Waals surface area contributed by atoms with Crippen molar-refractivity contribution in [3.63, 3.8) is 0 Å². The van der Waals surface area contributed by atoms with Crippen LogP contribution >= 0.6 is 15.9 Å². The molecule has 0 radical (unpaired) electrons. The lowest BCUT2D eigenvalue weighted by atomic mass is 10.4. The van der Waals surface area contributed by atoms with E-state index < -0.39 is 0 Å². The largest absolute Gasteiger partial charge is 0.382 e. The zero-order chi connectivity index (χ0) is 13.5. The van der Waals surface area contributed by atoms with Gasteiger partial charge in [-0.05, 0) is 34.5 Å². The highest BCUT2D eigenvalue weighted by Crippen LogP contribution is 2.16. The van der Waals surface area contributed by atoms with Gasteiger partial charge in [-0.1, -0.05) is 0 Å². The highest BCUT2D eigenvalue weighted by molar-refractivity contribution is 9.10. The first kappa shape index (κ1) is 14.2. The fourth-order valence-corrected chi connectivity index (χ4v) is 1.99. The van der Waals surface area contributed by atoms with Crippen LogP contribution in [0.25, 0.3) is 5.65 Å². The first-order chi connectivity index (χ1) is 9.31. The second-order valence-corrected chi connectivity index (χ2v) is 4.80. The van der Waals surface area contributed by atoms with Crippen LogP contribution in [0.3, 0.4) is 0 Å². The molecule has 0 saturated heterocycles. The topological polar surface area (TPSA) is 60.7 Å². The van der Waals surface area contributed by atoms with Crippen LogP contribution in [0.15, 0.2) is 22.8 Å². The zero-order valence-electron chi connectivity index (χ0n) is 10.8. The lowest BCUT2D eigenvalue weighted by Crippen LogP contribution is -2.09. The maximum absolute atomic E-state index is 5.37. The Morgan fingerprint density at radius 3 is 3.05 bits per heavy atom. The third-order valence-corrected chi connectivity index (χ3v) is 3.11. The number of nitrogens with one attached hydrogen (secondary N) is 1. The van der Waals surface area contributed by atoms with Crippen LogP contribution in [0.4, 0.5) is 5.95 Å². The second-order valence-electron chi connectivity index (χ2n) is 3.95. The molecule has 1 N–H and O–H groups in total. The maximum atomic E-state index is 5.37. The van der Waals surface area contributed by atoms with Crippen LogP contribution in [0.5, 0.6) is 0 Å². The van der Waals surface area contributed by atoms with Gasteiger partial charge in [0.1, 0.15) is 0 Å². The number of fused-ring (bicyclic) bond motifs is 1. The summed E-state index contributed by atoms with van der Waals surface area (Å²) in [5, 5.41) is 7.50. The molecule has 0 amide bonds. The number of aromatic nitrogens is 3. The fraction of sp³-hybridized carbons (Fsp3) is 0.500. The highest BCUT2D eigenvalue weighted by Gasteiger charge is 2.04. The van der Waals surface area contributed by atoms with Crippen LogP contribution in [0, 0.1) is 0 Å². The summed E-state index contributed by atoms with van der Waals surface area (Å²) in [6, 6.07) is 3.86. The van der Waals surface area contributed by atoms with Gasteiger partial charge in [-0.25, -0.2) is 4.52 Å². The number of ether oxygens (including phenoxy) is 2. The number of hydrogen-bond acceptors (Lipinski definition) is 5. The predicted molar refractivity (Wildman–Crippen MR) is 76.5 cm³/mol. The number of pyridine rings is 1. The number of methoxy groups -OCH3 is 1. The second kappa shape index (κ2) is 7.42. The molecular formula is C12H17BrN4O2. The molecule has 19 heavy (non-hydrogen) atoms. The van der Waals surface area contributed by atoms with Crippen molar-refractivity contribution in [1.82, 2.24) is 14.6 Å². The third kappa shape index (κ3) is 4.15. The van der Waals surface area contributed by atoms with E-state index in [-0.39, 0.29) is 0 Å². The Bertz CT molecular complexity index is 517. The molecule has 0 aliphatic carbocycles. The summed E-state index contributed by atoms with van der Waals surface area (Å²) < 4.78 is 12.9. The molecule has 0 fully saturated rings. The molecule has 0 bridgehead atoms. The molecule has 0 aliphatic heterocycles. The van der Waals surface area contributed by atoms with Crippen molar-refractivity contribution in [1.29, 1.82) is 0 Å². The summed E-state index contributed by atoms with van der Waals surface area (Å²) in [6.45, 7) is 2.75. The van der Waals surface area contributed by atoms with Gasteiger partial charge in [0.25, 0.3) is 0 Å². The van der Waals surface area contributed by atoms with Gasteiger partial charge in [0.2, 0.25) is 5.95 Å². The third-order valence-electron chi connectivity index (χ3n) is 2.50. The van der Waals surface area contributed by atoms with Crippen molar-refractivity contribution in [3.05, 3.63) is 22.8 Å². The van der Waals surface area contributed by atoms with Gasteiger partial charge in [0, 0.05) is 26.5 Å². The highest BCUT2D eigenvalue weighted by atomic mass is 79.9. The van der Waals surface area contributed by atoms with Gasteiger partial charge in [-0.3, -0.25) is 0 Å². The van der Waals surface area contributed by atoms with Gasteiger partial charge in [0.15, 0.2) is 5.65 Å². The van der Waals surface area contributed by atoms with Gasteiger partial charge in [-0.2, -0.15) is 4.98 Å². The average molecular weight is 329 g/mol. The molecule has 0 saturated carbocycles. The SMILES string of the molecule is COCCOCCCNc1nc2c(Br)cccn2n1. The van der Waals surface area contributed by atoms with E-state index in [4.69, 9.17) is 9.47 Å². The predicted octanol–water partition coefficient (Wildman–Crippen LogP) is 1.96. The standard InChI is InChI=1S/C12H17BrN4O2/c1-18-8-9-19-7-3-5-14-12-15-11-10(13)4-2-6-17(11)16-12/h2,4,6H,3,5,7-9H2,1H3,(H,14,16). The number of rotatable bonds is 8. The molecule has 0 unspecified atom stereocenters. The van der Waals surface area contributed by atoms with Gasteiger partial charge < -0.3 is 14.8 Å². The van der Waals surface area contributed by atoms with Crippen LogP contribution in [0.2, 0.25) is 0 Å². The van der Waals surface area contributed by atoms with Crippen molar-refractivity contribution < 1.29 is 9.47 Å². The normalized spacial score (nSPS) is 11.1. The smallest absolute Gasteiger partial charge is 0.243 e. The summed E-state index contributed by atoms with van der Waals surface area (Å²) in [5.41, 5.74) is 0.807. The number of halogens is 1. The molecule has 6 nitrogen and oxygen atoms in total. The first-order valence-electron chi connectivity index (χ1n) is 6.12. The number of nitrogens with zero attached hydrogens (tertiary/aromatic N) is 3. The molecule has 2 aromatic heterocycles. The molecule has 0 atom stereocenters. The molecule has 2 heterocycles. The van der Waals surface area contributed by atoms with E-state index in [1.165, 1.54) is 0 Å². The first-order valence-corrected chi connectivity index (χ1v) is 6.92. The Kier molecular flexibility index (Phi) is 5.56. The van der Waals surface area contributed by atoms with Gasteiger partial charge in [-0.15, -0.1) is 5.10 Å². The Hall–Kier alpha value is -1.18. The Balaban J connectivity index is 1.74. The molecule has 104 valence electrons. The minimum Gasteiger partial charge on any atom is -0.382 e. The molecule has 7 heteroatoms. The summed E-state index contributed by atoms with van der Waals surface area (Å²) in [7, 11) is 1.66. The summed E-state index contributed by atoms with van der Waals surface area (Å²) in [5.74, 6) is 0.629. The summed E-state index contributed by atoms with van der Waals surface area (Å²) in [4.78, 5) is 4.39. The van der Waals surface area contributed by atoms with Gasteiger partial charge in [0.05, 0.1) is 17.7 Å². The minimum absolute atomic E-state index is 0.629. The average Bonchev–Trinajstić information content (AvgIpc) is 2.82. The Morgan fingerprint density at radius 1 is 1.37 bits per heavy atom. The van der Waals surface area contributed by atoms with Crippen LogP contribution < -0.4 is 5.32 Å². The van der Waals surface area contributed by atoms with Crippen molar-refractivity contribution in [3.8, 4) is 0 Å². The van der Waals surface area contributed by atoms with E-state index in [9.17, 15) is 0 Å². The van der Waals surface area contributed by atoms with Crippen LogP contribution in [0.1, 0.15) is 6.42 Å². The van der Waals surface area contributed by atoms with Crippen LogP contribution in [-0.4, -0.2) is 48.1 Å². The van der Waals surface area contributed by atoms with Crippen molar-refractivity contribution in [2.75, 3.05) is 38.8 Å². The van der Waals surface area contributed by atoms with E-state index >= 15 is 0 Å². The van der Waals surface area contributed by atoms with E-state index in [0.29, 0.717) is 25.8 Å². The van der Waals surface area contributed by atoms with Crippen molar-refractivity contribution in [2.45, 2.75) is 6.42 Å². The number of hydrogen-bond donors (Lipinski definition) is 1. The molecule has 2 rings (SSSR count).